The second-order valence-corrected chi connectivity index (χ2v) is 3.81. The smallest absolute Gasteiger partial charge is 0.330 e. The van der Waals surface area contributed by atoms with Crippen LogP contribution in [0.4, 0.5) is 0 Å². The Bertz CT molecular complexity index is 246. The standard InChI is InChI=1S/C13H22O4/c1-16-12(14)10-8-6-4-3-5-7-9-11-13(15)17-2/h8,10H,3-7,9,11H2,1-2H3/b10-8+. The fraction of sp³-hybridized carbons (Fsp3) is 0.692. The number of hydrogen-bond donors (Lipinski definition) is 0. The molecule has 0 amide bonds. The fourth-order valence-electron chi connectivity index (χ4n) is 1.41. The number of methoxy groups -OCH3 is 2. The highest BCUT2D eigenvalue weighted by atomic mass is 16.5. The zero-order valence-corrected chi connectivity index (χ0v) is 10.7. The zero-order chi connectivity index (χ0) is 12.9. The van der Waals surface area contributed by atoms with Gasteiger partial charge in [0, 0.05) is 12.5 Å². The van der Waals surface area contributed by atoms with Crippen molar-refractivity contribution < 1.29 is 19.1 Å². The summed E-state index contributed by atoms with van der Waals surface area (Å²) in [5.41, 5.74) is 0. The number of allylic oxidation sites excluding steroid dienone is 1. The largest absolute Gasteiger partial charge is 0.469 e. The third kappa shape index (κ3) is 11.0. The highest BCUT2D eigenvalue weighted by Gasteiger charge is 1.98. The van der Waals surface area contributed by atoms with Crippen molar-refractivity contribution in [1.82, 2.24) is 0 Å². The lowest BCUT2D eigenvalue weighted by Crippen LogP contribution is -1.99. The first-order valence-electron chi connectivity index (χ1n) is 6.02. The average Bonchev–Trinajstić information content (AvgIpc) is 2.35. The number of esters is 2. The Kier molecular flexibility index (Phi) is 10.3. The van der Waals surface area contributed by atoms with Gasteiger partial charge in [0.15, 0.2) is 0 Å². The van der Waals surface area contributed by atoms with Crippen LogP contribution in [0.3, 0.4) is 0 Å². The predicted octanol–water partition coefficient (Wildman–Crippen LogP) is 2.62. The lowest BCUT2D eigenvalue weighted by atomic mass is 10.1. The Labute approximate surface area is 103 Å². The molecule has 0 rings (SSSR count). The molecule has 0 aliphatic heterocycles. The number of carbonyl (C=O) groups is 2. The molecule has 4 nitrogen and oxygen atoms in total. The van der Waals surface area contributed by atoms with E-state index >= 15 is 0 Å². The van der Waals surface area contributed by atoms with Crippen LogP contribution in [0.25, 0.3) is 0 Å². The van der Waals surface area contributed by atoms with Gasteiger partial charge in [0.25, 0.3) is 0 Å². The van der Waals surface area contributed by atoms with E-state index in [1.165, 1.54) is 20.3 Å². The topological polar surface area (TPSA) is 52.6 Å². The van der Waals surface area contributed by atoms with Gasteiger partial charge < -0.3 is 9.47 Å². The Morgan fingerprint density at radius 3 is 2.24 bits per heavy atom. The molecule has 0 unspecified atom stereocenters. The number of ether oxygens (including phenoxy) is 2. The minimum absolute atomic E-state index is 0.133. The monoisotopic (exact) mass is 242 g/mol. The van der Waals surface area contributed by atoms with Gasteiger partial charge in [0.2, 0.25) is 0 Å². The second kappa shape index (κ2) is 11.2. The van der Waals surface area contributed by atoms with Crippen LogP contribution in [0, 0.1) is 0 Å². The Morgan fingerprint density at radius 1 is 0.941 bits per heavy atom. The molecule has 0 spiro atoms. The van der Waals surface area contributed by atoms with Gasteiger partial charge in [-0.05, 0) is 19.3 Å². The zero-order valence-electron chi connectivity index (χ0n) is 10.7. The molecule has 0 saturated carbocycles. The van der Waals surface area contributed by atoms with Crippen LogP contribution in [0.5, 0.6) is 0 Å². The number of carbonyl (C=O) groups excluding carboxylic acids is 2. The molecule has 0 bridgehead atoms. The van der Waals surface area contributed by atoms with Gasteiger partial charge in [0.05, 0.1) is 14.2 Å². The van der Waals surface area contributed by atoms with Crippen molar-refractivity contribution in [3.63, 3.8) is 0 Å². The van der Waals surface area contributed by atoms with Gasteiger partial charge in [-0.2, -0.15) is 0 Å². The SMILES string of the molecule is COC(=O)/C=C/CCCCCCCC(=O)OC. The molecule has 0 aliphatic carbocycles. The Morgan fingerprint density at radius 2 is 1.59 bits per heavy atom. The first-order valence-corrected chi connectivity index (χ1v) is 6.02. The molecular weight excluding hydrogens is 220 g/mol. The van der Waals surface area contributed by atoms with Gasteiger partial charge in [-0.3, -0.25) is 4.79 Å². The van der Waals surface area contributed by atoms with Crippen LogP contribution in [-0.2, 0) is 19.1 Å². The fourth-order valence-corrected chi connectivity index (χ4v) is 1.41. The van der Waals surface area contributed by atoms with Gasteiger partial charge >= 0.3 is 11.9 Å². The molecule has 4 heteroatoms. The molecule has 0 atom stereocenters. The molecule has 0 aromatic rings. The van der Waals surface area contributed by atoms with Crippen LogP contribution in [0.15, 0.2) is 12.2 Å². The van der Waals surface area contributed by atoms with Crippen molar-refractivity contribution in [3.05, 3.63) is 12.2 Å². The molecule has 17 heavy (non-hydrogen) atoms. The van der Waals surface area contributed by atoms with E-state index in [1.807, 2.05) is 6.08 Å². The summed E-state index contributed by atoms with van der Waals surface area (Å²) in [6.07, 6.45) is 9.93. The van der Waals surface area contributed by atoms with E-state index in [0.29, 0.717) is 6.42 Å². The third-order valence-electron chi connectivity index (χ3n) is 2.43. The second-order valence-electron chi connectivity index (χ2n) is 3.81. The number of rotatable bonds is 9. The average molecular weight is 242 g/mol. The summed E-state index contributed by atoms with van der Waals surface area (Å²) < 4.78 is 9.02. The van der Waals surface area contributed by atoms with Crippen LogP contribution in [0.2, 0.25) is 0 Å². The van der Waals surface area contributed by atoms with E-state index in [0.717, 1.165) is 38.5 Å². The van der Waals surface area contributed by atoms with Crippen molar-refractivity contribution in [1.29, 1.82) is 0 Å². The molecule has 0 aliphatic rings. The molecule has 0 radical (unpaired) electrons. The maximum Gasteiger partial charge on any atom is 0.330 e. The highest BCUT2D eigenvalue weighted by molar-refractivity contribution is 5.81. The van der Waals surface area contributed by atoms with Gasteiger partial charge in [0.1, 0.15) is 0 Å². The van der Waals surface area contributed by atoms with Gasteiger partial charge in [-0.25, -0.2) is 4.79 Å². The lowest BCUT2D eigenvalue weighted by molar-refractivity contribution is -0.140. The minimum Gasteiger partial charge on any atom is -0.469 e. The van der Waals surface area contributed by atoms with Crippen molar-refractivity contribution in [3.8, 4) is 0 Å². The van der Waals surface area contributed by atoms with Crippen LogP contribution >= 0.6 is 0 Å². The van der Waals surface area contributed by atoms with E-state index in [2.05, 4.69) is 9.47 Å². The maximum absolute atomic E-state index is 10.8. The highest BCUT2D eigenvalue weighted by Crippen LogP contribution is 2.08. The van der Waals surface area contributed by atoms with E-state index in [1.54, 1.807) is 0 Å². The van der Waals surface area contributed by atoms with E-state index in [4.69, 9.17) is 0 Å². The summed E-state index contributed by atoms with van der Waals surface area (Å²) >= 11 is 0. The van der Waals surface area contributed by atoms with E-state index in [-0.39, 0.29) is 11.9 Å². The maximum atomic E-state index is 10.8. The molecule has 0 aromatic carbocycles. The van der Waals surface area contributed by atoms with Crippen molar-refractivity contribution in [2.75, 3.05) is 14.2 Å². The molecular formula is C13H22O4. The molecule has 98 valence electrons. The van der Waals surface area contributed by atoms with E-state index in [9.17, 15) is 9.59 Å². The number of unbranched alkanes of at least 4 members (excludes halogenated alkanes) is 5. The van der Waals surface area contributed by atoms with Crippen LogP contribution in [-0.4, -0.2) is 26.2 Å². The third-order valence-corrected chi connectivity index (χ3v) is 2.43. The summed E-state index contributed by atoms with van der Waals surface area (Å²) in [4.78, 5) is 21.5. The Balaban J connectivity index is 3.21. The van der Waals surface area contributed by atoms with Crippen molar-refractivity contribution >= 4 is 11.9 Å². The normalized spacial score (nSPS) is 10.5. The molecule has 0 saturated heterocycles. The van der Waals surface area contributed by atoms with Crippen LogP contribution < -0.4 is 0 Å². The van der Waals surface area contributed by atoms with Gasteiger partial charge in [-0.1, -0.05) is 25.3 Å². The Hall–Kier alpha value is -1.32. The first-order chi connectivity index (χ1) is 8.20. The summed E-state index contributed by atoms with van der Waals surface area (Å²) in [5.74, 6) is -0.436. The molecule has 0 N–H and O–H groups in total. The summed E-state index contributed by atoms with van der Waals surface area (Å²) in [6.45, 7) is 0. The molecule has 0 aromatic heterocycles. The number of hydrogen-bond acceptors (Lipinski definition) is 4. The van der Waals surface area contributed by atoms with Crippen molar-refractivity contribution in [2.45, 2.75) is 44.9 Å². The lowest BCUT2D eigenvalue weighted by Gasteiger charge is -1.99. The van der Waals surface area contributed by atoms with E-state index < -0.39 is 0 Å². The summed E-state index contributed by atoms with van der Waals surface area (Å²) in [7, 11) is 2.78. The van der Waals surface area contributed by atoms with Crippen LogP contribution in [0.1, 0.15) is 44.9 Å². The van der Waals surface area contributed by atoms with Gasteiger partial charge in [-0.15, -0.1) is 0 Å². The predicted molar refractivity (Wildman–Crippen MR) is 65.5 cm³/mol. The quantitative estimate of drug-likeness (QED) is 0.354. The summed E-state index contributed by atoms with van der Waals surface area (Å²) in [5, 5.41) is 0. The molecule has 0 heterocycles. The molecule has 0 fully saturated rings. The summed E-state index contributed by atoms with van der Waals surface area (Å²) in [6, 6.07) is 0. The minimum atomic E-state index is -0.303. The van der Waals surface area contributed by atoms with Crippen molar-refractivity contribution in [2.24, 2.45) is 0 Å². The first kappa shape index (κ1) is 15.7.